The van der Waals surface area contributed by atoms with Gasteiger partial charge in [0, 0.05) is 24.0 Å². The monoisotopic (exact) mass is 486 g/mol. The molecule has 30 heavy (non-hydrogen) atoms. The summed E-state index contributed by atoms with van der Waals surface area (Å²) in [5.74, 6) is -0.962. The Morgan fingerprint density at radius 1 is 1.23 bits per heavy atom. The van der Waals surface area contributed by atoms with E-state index in [0.29, 0.717) is 29.1 Å². The Kier molecular flexibility index (Phi) is 5.92. The number of halogens is 1. The normalized spacial score (nSPS) is 16.3. The Balaban J connectivity index is 1.55. The van der Waals surface area contributed by atoms with Crippen LogP contribution >= 0.6 is 27.7 Å². The first-order valence-corrected chi connectivity index (χ1v) is 11.4. The van der Waals surface area contributed by atoms with Gasteiger partial charge < -0.3 is 4.90 Å². The van der Waals surface area contributed by atoms with Gasteiger partial charge in [0.1, 0.15) is 0 Å². The Bertz CT molecular complexity index is 1180. The van der Waals surface area contributed by atoms with Crippen molar-refractivity contribution in [1.82, 2.24) is 14.6 Å². The number of nitrogens with one attached hydrogen (secondary N) is 1. The molecule has 0 spiro atoms. The van der Waals surface area contributed by atoms with E-state index in [1.165, 1.54) is 16.4 Å². The van der Waals surface area contributed by atoms with Crippen molar-refractivity contribution in [3.05, 3.63) is 68.9 Å². The van der Waals surface area contributed by atoms with Gasteiger partial charge >= 0.3 is 0 Å². The molecule has 0 radical (unpaired) electrons. The topological polar surface area (TPSA) is 84.3 Å². The zero-order valence-corrected chi connectivity index (χ0v) is 18.6. The Labute approximate surface area is 185 Å². The largest absolute Gasteiger partial charge is 0.338 e. The van der Waals surface area contributed by atoms with Gasteiger partial charge in [0.2, 0.25) is 11.8 Å². The number of rotatable bonds is 5. The van der Waals surface area contributed by atoms with Crippen molar-refractivity contribution in [3.8, 4) is 0 Å². The summed E-state index contributed by atoms with van der Waals surface area (Å²) >= 11 is 4.64. The maximum absolute atomic E-state index is 12.9. The van der Waals surface area contributed by atoms with Gasteiger partial charge in [-0.2, -0.15) is 4.68 Å². The van der Waals surface area contributed by atoms with Gasteiger partial charge in [-0.15, -0.1) is 0 Å². The average Bonchev–Trinajstić information content (AvgIpc) is 3.10. The molecular weight excluding hydrogens is 468 g/mol. The van der Waals surface area contributed by atoms with Crippen LogP contribution < -0.4 is 11.0 Å². The Hall–Kier alpha value is -2.65. The van der Waals surface area contributed by atoms with Gasteiger partial charge in [-0.3, -0.25) is 19.8 Å². The van der Waals surface area contributed by atoms with Crippen molar-refractivity contribution < 1.29 is 9.59 Å². The number of aromatic nitrogens is 2. The highest BCUT2D eigenvalue weighted by molar-refractivity contribution is 9.10. The standard InChI is InChI=1S/C21H19BrN4O3S/c1-30-21-23-17-10-15(22)7-8-16(17)20(29)26(21)24-19(28)14-9-18(27)25(12-14)11-13-5-3-2-4-6-13/h2-8,10,14H,9,11-12H2,1H3,(H,24,28). The number of amides is 2. The van der Waals surface area contributed by atoms with E-state index in [1.807, 2.05) is 30.3 Å². The maximum Gasteiger partial charge on any atom is 0.281 e. The molecule has 0 bridgehead atoms. The highest BCUT2D eigenvalue weighted by atomic mass is 79.9. The summed E-state index contributed by atoms with van der Waals surface area (Å²) in [6.07, 6.45) is 1.91. The van der Waals surface area contributed by atoms with Crippen molar-refractivity contribution in [2.24, 2.45) is 5.92 Å². The summed E-state index contributed by atoms with van der Waals surface area (Å²) in [7, 11) is 0. The molecule has 2 amide bonds. The number of benzene rings is 2. The van der Waals surface area contributed by atoms with Crippen LogP contribution in [0, 0.1) is 5.92 Å². The summed E-state index contributed by atoms with van der Waals surface area (Å²) in [5, 5.41) is 0.786. The second-order valence-electron chi connectivity index (χ2n) is 7.04. The smallest absolute Gasteiger partial charge is 0.281 e. The molecule has 1 saturated heterocycles. The van der Waals surface area contributed by atoms with Crippen molar-refractivity contribution >= 4 is 50.4 Å². The van der Waals surface area contributed by atoms with Crippen LogP contribution in [0.15, 0.2) is 63.0 Å². The molecule has 154 valence electrons. The molecule has 0 saturated carbocycles. The fraction of sp³-hybridized carbons (Fsp3) is 0.238. The minimum atomic E-state index is -0.525. The van der Waals surface area contributed by atoms with Gasteiger partial charge in [-0.25, -0.2) is 4.98 Å². The zero-order chi connectivity index (χ0) is 21.3. The molecule has 1 unspecified atom stereocenters. The van der Waals surface area contributed by atoms with Crippen molar-refractivity contribution in [2.45, 2.75) is 18.1 Å². The van der Waals surface area contributed by atoms with Crippen molar-refractivity contribution in [3.63, 3.8) is 0 Å². The number of thioether (sulfide) groups is 1. The van der Waals surface area contributed by atoms with E-state index in [9.17, 15) is 14.4 Å². The first kappa shape index (κ1) is 20.6. The molecule has 3 aromatic rings. The van der Waals surface area contributed by atoms with E-state index < -0.39 is 5.92 Å². The van der Waals surface area contributed by atoms with Crippen LogP contribution in [0.25, 0.3) is 10.9 Å². The Morgan fingerprint density at radius 3 is 2.73 bits per heavy atom. The van der Waals surface area contributed by atoms with E-state index in [2.05, 4.69) is 26.3 Å². The number of hydrogen-bond acceptors (Lipinski definition) is 5. The summed E-state index contributed by atoms with van der Waals surface area (Å²) in [6, 6.07) is 14.8. The summed E-state index contributed by atoms with van der Waals surface area (Å²) < 4.78 is 1.99. The van der Waals surface area contributed by atoms with E-state index >= 15 is 0 Å². The summed E-state index contributed by atoms with van der Waals surface area (Å²) in [4.78, 5) is 44.4. The number of hydrogen-bond donors (Lipinski definition) is 1. The number of nitrogens with zero attached hydrogens (tertiary/aromatic N) is 3. The fourth-order valence-corrected chi connectivity index (χ4v) is 4.33. The molecule has 4 rings (SSSR count). The second-order valence-corrected chi connectivity index (χ2v) is 8.73. The number of carbonyl (C=O) groups is 2. The van der Waals surface area contributed by atoms with E-state index in [4.69, 9.17) is 0 Å². The van der Waals surface area contributed by atoms with Crippen LogP contribution in [0.2, 0.25) is 0 Å². The zero-order valence-electron chi connectivity index (χ0n) is 16.2. The van der Waals surface area contributed by atoms with E-state index in [0.717, 1.165) is 10.0 Å². The summed E-state index contributed by atoms with van der Waals surface area (Å²) in [5.41, 5.74) is 3.89. The van der Waals surface area contributed by atoms with Crippen LogP contribution in [-0.2, 0) is 16.1 Å². The Morgan fingerprint density at radius 2 is 2.00 bits per heavy atom. The van der Waals surface area contributed by atoms with Gasteiger partial charge in [0.25, 0.3) is 5.56 Å². The van der Waals surface area contributed by atoms with Crippen molar-refractivity contribution in [1.29, 1.82) is 0 Å². The molecule has 1 aliphatic heterocycles. The lowest BCUT2D eigenvalue weighted by molar-refractivity contribution is -0.128. The molecule has 0 aliphatic carbocycles. The van der Waals surface area contributed by atoms with Crippen LogP contribution in [0.1, 0.15) is 12.0 Å². The molecule has 1 N–H and O–H groups in total. The van der Waals surface area contributed by atoms with Crippen LogP contribution in [-0.4, -0.2) is 39.2 Å². The van der Waals surface area contributed by atoms with Crippen molar-refractivity contribution in [2.75, 3.05) is 18.2 Å². The van der Waals surface area contributed by atoms with Crippen LogP contribution in [0.3, 0.4) is 0 Å². The predicted octanol–water partition coefficient (Wildman–Crippen LogP) is 3.00. The first-order chi connectivity index (χ1) is 14.5. The lowest BCUT2D eigenvalue weighted by atomic mass is 10.1. The molecular formula is C21H19BrN4O3S. The van der Waals surface area contributed by atoms with E-state index in [-0.39, 0.29) is 23.8 Å². The molecule has 1 aliphatic rings. The molecule has 2 aromatic carbocycles. The number of likely N-dealkylation sites (tertiary alicyclic amines) is 1. The summed E-state index contributed by atoms with van der Waals surface area (Å²) in [6.45, 7) is 0.780. The first-order valence-electron chi connectivity index (χ1n) is 9.35. The molecule has 9 heteroatoms. The van der Waals surface area contributed by atoms with Gasteiger partial charge in [0.15, 0.2) is 5.16 Å². The third kappa shape index (κ3) is 4.13. The molecule has 1 fully saturated rings. The third-order valence-corrected chi connectivity index (χ3v) is 6.14. The highest BCUT2D eigenvalue weighted by Crippen LogP contribution is 2.22. The lowest BCUT2D eigenvalue weighted by Gasteiger charge is -2.18. The quantitative estimate of drug-likeness (QED) is 0.442. The number of carbonyl (C=O) groups excluding carboxylic acids is 2. The van der Waals surface area contributed by atoms with Gasteiger partial charge in [-0.1, -0.05) is 58.0 Å². The molecule has 1 atom stereocenters. The van der Waals surface area contributed by atoms with Gasteiger partial charge in [0.05, 0.1) is 16.8 Å². The highest BCUT2D eigenvalue weighted by Gasteiger charge is 2.34. The predicted molar refractivity (Wildman–Crippen MR) is 120 cm³/mol. The number of fused-ring (bicyclic) bond motifs is 1. The average molecular weight is 487 g/mol. The second kappa shape index (κ2) is 8.61. The molecule has 7 nitrogen and oxygen atoms in total. The van der Waals surface area contributed by atoms with Gasteiger partial charge in [-0.05, 0) is 30.0 Å². The lowest BCUT2D eigenvalue weighted by Crippen LogP contribution is -2.38. The third-order valence-electron chi connectivity index (χ3n) is 5.01. The SMILES string of the molecule is CSc1nc2cc(Br)ccc2c(=O)n1NC(=O)C1CC(=O)N(Cc2ccccc2)C1. The minimum absolute atomic E-state index is 0.0714. The minimum Gasteiger partial charge on any atom is -0.338 e. The van der Waals surface area contributed by atoms with Crippen LogP contribution in [0.5, 0.6) is 0 Å². The molecule has 1 aromatic heterocycles. The van der Waals surface area contributed by atoms with E-state index in [1.54, 1.807) is 29.4 Å². The fourth-order valence-electron chi connectivity index (χ4n) is 3.48. The maximum atomic E-state index is 12.9. The van der Waals surface area contributed by atoms with Crippen LogP contribution in [0.4, 0.5) is 0 Å². The molecule has 2 heterocycles.